The van der Waals surface area contributed by atoms with Crippen molar-refractivity contribution in [2.24, 2.45) is 0 Å². The van der Waals surface area contributed by atoms with Crippen LogP contribution in [-0.4, -0.2) is 22.0 Å². The van der Waals surface area contributed by atoms with Gasteiger partial charge in [0.15, 0.2) is 11.7 Å². The number of aromatic nitrogens is 2. The Kier molecular flexibility index (Phi) is 3.60. The van der Waals surface area contributed by atoms with Crippen molar-refractivity contribution in [1.82, 2.24) is 9.97 Å². The van der Waals surface area contributed by atoms with Gasteiger partial charge in [0.1, 0.15) is 11.3 Å². The third-order valence-corrected chi connectivity index (χ3v) is 4.50. The minimum atomic E-state index is -0.527. The maximum absolute atomic E-state index is 12.6. The van der Waals surface area contributed by atoms with Gasteiger partial charge in [-0.2, -0.15) is 0 Å². The van der Waals surface area contributed by atoms with Gasteiger partial charge in [-0.1, -0.05) is 18.2 Å². The van der Waals surface area contributed by atoms with Crippen LogP contribution >= 0.6 is 0 Å². The van der Waals surface area contributed by atoms with Crippen molar-refractivity contribution in [3.8, 4) is 17.2 Å². The largest absolute Gasteiger partial charge is 0.480 e. The number of fused-ring (bicyclic) bond motifs is 2. The summed E-state index contributed by atoms with van der Waals surface area (Å²) in [6.07, 6.45) is 3.44. The number of para-hydroxylation sites is 1. The molecule has 2 aromatic heterocycles. The van der Waals surface area contributed by atoms with Crippen LogP contribution in [0.4, 0.5) is 5.69 Å². The number of anilines is 1. The lowest BCUT2D eigenvalue weighted by atomic mass is 10.1. The van der Waals surface area contributed by atoms with Crippen molar-refractivity contribution in [3.63, 3.8) is 0 Å². The first kappa shape index (κ1) is 15.6. The first-order valence-electron chi connectivity index (χ1n) is 8.63. The lowest BCUT2D eigenvalue weighted by molar-refractivity contribution is -0.122. The molecule has 0 bridgehead atoms. The highest BCUT2D eigenvalue weighted by Crippen LogP contribution is 2.29. The Morgan fingerprint density at radius 3 is 2.89 bits per heavy atom. The molecule has 4 aromatic rings. The number of hydrogen-bond donors (Lipinski definition) is 1. The molecule has 0 saturated carbocycles. The molecule has 1 amide bonds. The zero-order valence-electron chi connectivity index (χ0n) is 14.3. The Balaban J connectivity index is 1.36. The van der Waals surface area contributed by atoms with Crippen LogP contribution in [-0.2, 0) is 11.2 Å². The molecule has 0 saturated heterocycles. The molecule has 1 aliphatic rings. The van der Waals surface area contributed by atoms with Gasteiger partial charge < -0.3 is 14.5 Å². The molecule has 27 heavy (non-hydrogen) atoms. The number of rotatable bonds is 3. The van der Waals surface area contributed by atoms with Crippen molar-refractivity contribution in [1.29, 1.82) is 0 Å². The fourth-order valence-electron chi connectivity index (χ4n) is 3.17. The number of hydrogen-bond acceptors (Lipinski definition) is 5. The smallest absolute Gasteiger partial charge is 0.265 e. The second kappa shape index (κ2) is 6.25. The highest BCUT2D eigenvalue weighted by Gasteiger charge is 2.28. The van der Waals surface area contributed by atoms with Gasteiger partial charge in [-0.3, -0.25) is 9.78 Å². The van der Waals surface area contributed by atoms with E-state index in [9.17, 15) is 4.79 Å². The molecular formula is C21H15N3O3. The Hall–Kier alpha value is -3.67. The summed E-state index contributed by atoms with van der Waals surface area (Å²) in [6.45, 7) is 0. The Bertz CT molecular complexity index is 1110. The Morgan fingerprint density at radius 1 is 1.11 bits per heavy atom. The monoisotopic (exact) mass is 357 g/mol. The van der Waals surface area contributed by atoms with Gasteiger partial charge in [0.25, 0.3) is 5.91 Å². The number of carbonyl (C=O) groups is 1. The summed E-state index contributed by atoms with van der Waals surface area (Å²) in [5.41, 5.74) is 3.82. The minimum absolute atomic E-state index is 0.179. The van der Waals surface area contributed by atoms with Crippen LogP contribution in [0.2, 0.25) is 0 Å². The van der Waals surface area contributed by atoms with Gasteiger partial charge in [-0.05, 0) is 42.0 Å². The van der Waals surface area contributed by atoms with E-state index in [0.29, 0.717) is 29.1 Å². The topological polar surface area (TPSA) is 77.3 Å². The maximum Gasteiger partial charge on any atom is 0.265 e. The Labute approximate surface area is 154 Å². The zero-order chi connectivity index (χ0) is 18.2. The number of ether oxygens (including phenoxy) is 1. The predicted molar refractivity (Wildman–Crippen MR) is 100 cm³/mol. The first-order chi connectivity index (χ1) is 13.3. The second-order valence-corrected chi connectivity index (χ2v) is 6.35. The number of carbonyl (C=O) groups excluding carboxylic acids is 1. The van der Waals surface area contributed by atoms with E-state index in [4.69, 9.17) is 9.15 Å². The minimum Gasteiger partial charge on any atom is -0.480 e. The van der Waals surface area contributed by atoms with Gasteiger partial charge >= 0.3 is 0 Å². The molecule has 1 N–H and O–H groups in total. The summed E-state index contributed by atoms with van der Waals surface area (Å²) in [5, 5.41) is 2.90. The third-order valence-electron chi connectivity index (χ3n) is 4.50. The van der Waals surface area contributed by atoms with Gasteiger partial charge in [0.05, 0.1) is 5.56 Å². The molecule has 1 unspecified atom stereocenters. The molecule has 1 aliphatic heterocycles. The van der Waals surface area contributed by atoms with Crippen LogP contribution in [0.15, 0.2) is 71.4 Å². The van der Waals surface area contributed by atoms with Gasteiger partial charge in [0.2, 0.25) is 5.89 Å². The van der Waals surface area contributed by atoms with E-state index >= 15 is 0 Å². The van der Waals surface area contributed by atoms with Crippen LogP contribution in [0.1, 0.15) is 5.56 Å². The molecular weight excluding hydrogens is 342 g/mol. The lowest BCUT2D eigenvalue weighted by Gasteiger charge is -2.11. The maximum atomic E-state index is 12.6. The molecule has 5 rings (SSSR count). The highest BCUT2D eigenvalue weighted by atomic mass is 16.5. The summed E-state index contributed by atoms with van der Waals surface area (Å²) < 4.78 is 11.5. The predicted octanol–water partition coefficient (Wildman–Crippen LogP) is 3.83. The zero-order valence-corrected chi connectivity index (χ0v) is 14.3. The van der Waals surface area contributed by atoms with E-state index in [0.717, 1.165) is 16.9 Å². The quantitative estimate of drug-likeness (QED) is 0.603. The van der Waals surface area contributed by atoms with Crippen LogP contribution in [0, 0.1) is 0 Å². The van der Waals surface area contributed by atoms with Crippen molar-refractivity contribution in [2.45, 2.75) is 12.5 Å². The number of amides is 1. The molecule has 6 nitrogen and oxygen atoms in total. The number of nitrogens with one attached hydrogen (secondary N) is 1. The van der Waals surface area contributed by atoms with Crippen LogP contribution in [0.3, 0.4) is 0 Å². The van der Waals surface area contributed by atoms with Crippen molar-refractivity contribution in [3.05, 3.63) is 72.6 Å². The van der Waals surface area contributed by atoms with Crippen molar-refractivity contribution < 1.29 is 13.9 Å². The molecule has 3 heterocycles. The Morgan fingerprint density at radius 2 is 2.04 bits per heavy atom. The van der Waals surface area contributed by atoms with Crippen molar-refractivity contribution in [2.75, 3.05) is 5.32 Å². The number of benzene rings is 2. The number of oxazole rings is 1. The van der Waals surface area contributed by atoms with Crippen molar-refractivity contribution >= 4 is 22.7 Å². The average Bonchev–Trinajstić information content (AvgIpc) is 3.32. The van der Waals surface area contributed by atoms with Crippen LogP contribution in [0.25, 0.3) is 22.6 Å². The number of pyridine rings is 1. The normalized spacial score (nSPS) is 15.3. The van der Waals surface area contributed by atoms with Crippen LogP contribution in [0.5, 0.6) is 5.75 Å². The lowest BCUT2D eigenvalue weighted by Crippen LogP contribution is -2.31. The standard InChI is InChI=1S/C21H15N3O3/c25-20(19-10-13-4-1-2-6-17(13)26-19)23-15-7-8-18-16(11-15)24-21(27-18)14-5-3-9-22-12-14/h1-9,11-12,19H,10H2,(H,23,25). The van der Waals surface area contributed by atoms with E-state index in [2.05, 4.69) is 15.3 Å². The fourth-order valence-corrected chi connectivity index (χ4v) is 3.17. The molecule has 0 spiro atoms. The SMILES string of the molecule is O=C(Nc1ccc2oc(-c3cccnc3)nc2c1)C1Cc2ccccc2O1. The molecule has 0 radical (unpaired) electrons. The van der Waals surface area contributed by atoms with Crippen LogP contribution < -0.4 is 10.1 Å². The van der Waals surface area contributed by atoms with Gasteiger partial charge in [-0.25, -0.2) is 4.98 Å². The molecule has 6 heteroatoms. The van der Waals surface area contributed by atoms with E-state index in [1.807, 2.05) is 36.4 Å². The summed E-state index contributed by atoms with van der Waals surface area (Å²) in [6, 6.07) is 16.8. The molecule has 0 aliphatic carbocycles. The van der Waals surface area contributed by atoms with E-state index in [1.165, 1.54) is 0 Å². The molecule has 132 valence electrons. The summed E-state index contributed by atoms with van der Waals surface area (Å²) >= 11 is 0. The van der Waals surface area contributed by atoms with Gasteiger partial charge in [0, 0.05) is 24.5 Å². The second-order valence-electron chi connectivity index (χ2n) is 6.35. The summed E-state index contributed by atoms with van der Waals surface area (Å²) in [7, 11) is 0. The summed E-state index contributed by atoms with van der Waals surface area (Å²) in [5.74, 6) is 1.09. The molecule has 1 atom stereocenters. The average molecular weight is 357 g/mol. The fraction of sp³-hybridized carbons (Fsp3) is 0.0952. The van der Waals surface area contributed by atoms with E-state index < -0.39 is 6.10 Å². The van der Waals surface area contributed by atoms with E-state index in [1.54, 1.807) is 30.6 Å². The summed E-state index contributed by atoms with van der Waals surface area (Å²) in [4.78, 5) is 21.1. The highest BCUT2D eigenvalue weighted by molar-refractivity contribution is 5.96. The molecule has 0 fully saturated rings. The van der Waals surface area contributed by atoms with E-state index in [-0.39, 0.29) is 5.91 Å². The van der Waals surface area contributed by atoms with Gasteiger partial charge in [-0.15, -0.1) is 0 Å². The first-order valence-corrected chi connectivity index (χ1v) is 8.63. The number of nitrogens with zero attached hydrogens (tertiary/aromatic N) is 2. The third kappa shape index (κ3) is 2.91. The molecule has 2 aromatic carbocycles.